The summed E-state index contributed by atoms with van der Waals surface area (Å²) in [7, 11) is 0. The number of aromatic hydroxyl groups is 1. The van der Waals surface area contributed by atoms with Gasteiger partial charge in [-0.25, -0.2) is 0 Å². The zero-order valence-corrected chi connectivity index (χ0v) is 14.1. The maximum Gasteiger partial charge on any atom is 0.127 e. The summed E-state index contributed by atoms with van der Waals surface area (Å²) < 4.78 is 6.34. The Morgan fingerprint density at radius 2 is 1.42 bits per heavy atom. The molecule has 0 unspecified atom stereocenters. The maximum absolute atomic E-state index is 10.0. The van der Waals surface area contributed by atoms with Gasteiger partial charge in [-0.15, -0.1) is 0 Å². The lowest BCUT2D eigenvalue weighted by atomic mass is 9.97. The molecule has 3 aromatic carbocycles. The van der Waals surface area contributed by atoms with E-state index in [2.05, 4.69) is 18.2 Å². The van der Waals surface area contributed by atoms with Crippen molar-refractivity contribution in [2.45, 2.75) is 25.9 Å². The van der Waals surface area contributed by atoms with Gasteiger partial charge in [0.15, 0.2) is 0 Å². The predicted molar refractivity (Wildman–Crippen MR) is 98.4 cm³/mol. The van der Waals surface area contributed by atoms with Crippen molar-refractivity contribution in [3.63, 3.8) is 0 Å². The van der Waals surface area contributed by atoms with Gasteiger partial charge in [-0.1, -0.05) is 66.7 Å². The molecule has 2 nitrogen and oxygen atoms in total. The lowest BCUT2D eigenvalue weighted by molar-refractivity contribution is 0.110. The topological polar surface area (TPSA) is 29.5 Å². The van der Waals surface area contributed by atoms with E-state index in [4.69, 9.17) is 4.74 Å². The van der Waals surface area contributed by atoms with Crippen molar-refractivity contribution in [2.75, 3.05) is 0 Å². The van der Waals surface area contributed by atoms with Crippen LogP contribution in [0.4, 0.5) is 0 Å². The Kier molecular flexibility index (Phi) is 4.57. The zero-order chi connectivity index (χ0) is 17.0. The molecule has 1 N–H and O–H groups in total. The van der Waals surface area contributed by atoms with Crippen LogP contribution in [0.25, 0.3) is 11.1 Å². The summed E-state index contributed by atoms with van der Waals surface area (Å²) >= 11 is 0. The first-order valence-electron chi connectivity index (χ1n) is 8.15. The van der Waals surface area contributed by atoms with Crippen LogP contribution in [0.5, 0.6) is 11.5 Å². The quantitative estimate of drug-likeness (QED) is 0.677. The summed E-state index contributed by atoms with van der Waals surface area (Å²) in [6.07, 6.45) is 0.628. The first-order chi connectivity index (χ1) is 11.6. The molecule has 0 heterocycles. The second-order valence-corrected chi connectivity index (χ2v) is 6.53. The molecule has 0 aliphatic heterocycles. The average Bonchev–Trinajstić information content (AvgIpc) is 2.58. The molecule has 0 atom stereocenters. The fourth-order valence-electron chi connectivity index (χ4n) is 2.86. The molecule has 0 aliphatic rings. The number of phenolic OH excluding ortho intramolecular Hbond substituents is 1. The number of para-hydroxylation sites is 2. The van der Waals surface area contributed by atoms with E-state index in [1.807, 2.05) is 68.4 Å². The minimum absolute atomic E-state index is 0.311. The minimum atomic E-state index is -0.441. The third kappa shape index (κ3) is 3.77. The third-order valence-electron chi connectivity index (χ3n) is 3.97. The monoisotopic (exact) mass is 318 g/mol. The SMILES string of the molecule is CC(C)(Cc1ccccc1O)Oc1ccccc1-c1ccccc1. The Hall–Kier alpha value is -2.74. The Labute approximate surface area is 143 Å². The van der Waals surface area contributed by atoms with Crippen molar-refractivity contribution >= 4 is 0 Å². The first-order valence-corrected chi connectivity index (χ1v) is 8.15. The molecule has 0 spiro atoms. The number of benzene rings is 3. The summed E-state index contributed by atoms with van der Waals surface area (Å²) in [5.74, 6) is 1.16. The molecule has 0 amide bonds. The van der Waals surface area contributed by atoms with Gasteiger partial charge in [0.1, 0.15) is 17.1 Å². The largest absolute Gasteiger partial charge is 0.508 e. The fourth-order valence-corrected chi connectivity index (χ4v) is 2.86. The highest BCUT2D eigenvalue weighted by Crippen LogP contribution is 2.33. The van der Waals surface area contributed by atoms with E-state index in [-0.39, 0.29) is 0 Å². The summed E-state index contributed by atoms with van der Waals surface area (Å²) in [4.78, 5) is 0. The van der Waals surface area contributed by atoms with E-state index >= 15 is 0 Å². The Bertz CT molecular complexity index is 807. The van der Waals surface area contributed by atoms with E-state index in [1.165, 1.54) is 0 Å². The van der Waals surface area contributed by atoms with Gasteiger partial charge in [0.2, 0.25) is 0 Å². The van der Waals surface area contributed by atoms with Crippen LogP contribution < -0.4 is 4.74 Å². The summed E-state index contributed by atoms with van der Waals surface area (Å²) in [5.41, 5.74) is 2.65. The van der Waals surface area contributed by atoms with Crippen LogP contribution in [-0.4, -0.2) is 10.7 Å². The van der Waals surface area contributed by atoms with E-state index in [1.54, 1.807) is 6.07 Å². The highest BCUT2D eigenvalue weighted by Gasteiger charge is 2.23. The predicted octanol–water partition coefficient (Wildman–Crippen LogP) is 5.46. The number of hydrogen-bond donors (Lipinski definition) is 1. The van der Waals surface area contributed by atoms with E-state index < -0.39 is 5.60 Å². The molecule has 0 aromatic heterocycles. The number of phenols is 1. The third-order valence-corrected chi connectivity index (χ3v) is 3.97. The van der Waals surface area contributed by atoms with Crippen LogP contribution in [0.1, 0.15) is 19.4 Å². The molecule has 0 aliphatic carbocycles. The molecule has 0 bridgehead atoms. The lowest BCUT2D eigenvalue weighted by Gasteiger charge is -2.28. The van der Waals surface area contributed by atoms with E-state index in [0.29, 0.717) is 12.2 Å². The first kappa shape index (κ1) is 16.1. The van der Waals surface area contributed by atoms with Crippen molar-refractivity contribution < 1.29 is 9.84 Å². The smallest absolute Gasteiger partial charge is 0.127 e. The molecule has 0 radical (unpaired) electrons. The van der Waals surface area contributed by atoms with E-state index in [9.17, 15) is 5.11 Å². The van der Waals surface area contributed by atoms with Gasteiger partial charge in [-0.2, -0.15) is 0 Å². The Morgan fingerprint density at radius 1 is 0.792 bits per heavy atom. The second kappa shape index (κ2) is 6.79. The standard InChI is InChI=1S/C22H22O2/c1-22(2,16-18-12-6-8-14-20(18)23)24-21-15-9-7-13-19(21)17-10-4-3-5-11-17/h3-15,23H,16H2,1-2H3. The molecular weight excluding hydrogens is 296 g/mol. The number of rotatable bonds is 5. The van der Waals surface area contributed by atoms with Gasteiger partial charge in [-0.05, 0) is 37.1 Å². The van der Waals surface area contributed by atoms with Crippen LogP contribution in [0, 0.1) is 0 Å². The Morgan fingerprint density at radius 3 is 2.17 bits per heavy atom. The van der Waals surface area contributed by atoms with Gasteiger partial charge >= 0.3 is 0 Å². The molecule has 122 valence electrons. The van der Waals surface area contributed by atoms with Crippen molar-refractivity contribution in [1.82, 2.24) is 0 Å². The minimum Gasteiger partial charge on any atom is -0.508 e. The maximum atomic E-state index is 10.0. The van der Waals surface area contributed by atoms with Gasteiger partial charge < -0.3 is 9.84 Å². The highest BCUT2D eigenvalue weighted by molar-refractivity contribution is 5.70. The van der Waals surface area contributed by atoms with Crippen molar-refractivity contribution in [3.8, 4) is 22.6 Å². The van der Waals surface area contributed by atoms with Crippen LogP contribution in [0.2, 0.25) is 0 Å². The van der Waals surface area contributed by atoms with Crippen molar-refractivity contribution in [3.05, 3.63) is 84.4 Å². The van der Waals surface area contributed by atoms with Gasteiger partial charge in [-0.3, -0.25) is 0 Å². The normalized spacial score (nSPS) is 11.2. The van der Waals surface area contributed by atoms with E-state index in [0.717, 1.165) is 22.4 Å². The van der Waals surface area contributed by atoms with Gasteiger partial charge in [0, 0.05) is 12.0 Å². The molecule has 3 aromatic rings. The molecule has 2 heteroatoms. The van der Waals surface area contributed by atoms with Crippen molar-refractivity contribution in [1.29, 1.82) is 0 Å². The van der Waals surface area contributed by atoms with Crippen LogP contribution in [0.3, 0.4) is 0 Å². The Balaban J connectivity index is 1.87. The number of hydrogen-bond acceptors (Lipinski definition) is 2. The average molecular weight is 318 g/mol. The lowest BCUT2D eigenvalue weighted by Crippen LogP contribution is -2.31. The van der Waals surface area contributed by atoms with Crippen molar-refractivity contribution in [2.24, 2.45) is 0 Å². The summed E-state index contributed by atoms with van der Waals surface area (Å²) in [6, 6.07) is 25.7. The molecular formula is C22H22O2. The van der Waals surface area contributed by atoms with Gasteiger partial charge in [0.25, 0.3) is 0 Å². The van der Waals surface area contributed by atoms with Crippen LogP contribution in [0.15, 0.2) is 78.9 Å². The summed E-state index contributed by atoms with van der Waals surface area (Å²) in [6.45, 7) is 4.09. The highest BCUT2D eigenvalue weighted by atomic mass is 16.5. The molecule has 0 saturated heterocycles. The second-order valence-electron chi connectivity index (χ2n) is 6.53. The van der Waals surface area contributed by atoms with Crippen LogP contribution in [-0.2, 0) is 6.42 Å². The van der Waals surface area contributed by atoms with Crippen LogP contribution >= 0.6 is 0 Å². The zero-order valence-electron chi connectivity index (χ0n) is 14.1. The molecule has 24 heavy (non-hydrogen) atoms. The fraction of sp³-hybridized carbons (Fsp3) is 0.182. The molecule has 0 saturated carbocycles. The molecule has 0 fully saturated rings. The number of ether oxygens (including phenoxy) is 1. The summed E-state index contributed by atoms with van der Waals surface area (Å²) in [5, 5.41) is 10.0. The molecule has 3 rings (SSSR count). The van der Waals surface area contributed by atoms with Gasteiger partial charge in [0.05, 0.1) is 0 Å².